The minimum Gasteiger partial charge on any atom is -0.490 e. The van der Waals surface area contributed by atoms with Crippen LogP contribution in [0.15, 0.2) is 30.3 Å². The quantitative estimate of drug-likeness (QED) is 0.624. The number of carbonyl (C=O) groups excluding carboxylic acids is 2. The Balaban J connectivity index is 1.77. The van der Waals surface area contributed by atoms with Crippen molar-refractivity contribution < 1.29 is 19.1 Å². The summed E-state index contributed by atoms with van der Waals surface area (Å²) in [5.41, 5.74) is 3.29. The lowest BCUT2D eigenvalue weighted by Gasteiger charge is -2.21. The Hall–Kier alpha value is -2.73. The van der Waals surface area contributed by atoms with Gasteiger partial charge in [0.1, 0.15) is 0 Å². The number of aryl methyl sites for hydroxylation is 1. The highest BCUT2D eigenvalue weighted by atomic mass is 35.5. The molecule has 1 heterocycles. The van der Waals surface area contributed by atoms with Crippen molar-refractivity contribution in [3.05, 3.63) is 52.0 Å². The van der Waals surface area contributed by atoms with Gasteiger partial charge in [0, 0.05) is 17.7 Å². The third-order valence-corrected chi connectivity index (χ3v) is 5.18. The molecule has 1 aliphatic heterocycles. The molecule has 0 fully saturated rings. The van der Waals surface area contributed by atoms with Gasteiger partial charge in [0.2, 0.25) is 5.91 Å². The van der Waals surface area contributed by atoms with Crippen LogP contribution in [-0.2, 0) is 11.2 Å². The lowest BCUT2D eigenvalue weighted by molar-refractivity contribution is -0.116. The fraction of sp³-hybridized carbons (Fsp3) is 0.391. The molecule has 7 heteroatoms. The summed E-state index contributed by atoms with van der Waals surface area (Å²) in [6, 6.07) is 8.86. The zero-order valence-corrected chi connectivity index (χ0v) is 18.3. The SMILES string of the molecule is CCCOc1c(Cl)cc(C(=O)NC(C)c2ccc3c(c2)CCC(=O)N3)cc1OCC. The van der Waals surface area contributed by atoms with Crippen molar-refractivity contribution in [2.24, 2.45) is 0 Å². The van der Waals surface area contributed by atoms with Crippen molar-refractivity contribution in [2.45, 2.75) is 46.1 Å². The van der Waals surface area contributed by atoms with E-state index >= 15 is 0 Å². The third kappa shape index (κ3) is 5.05. The van der Waals surface area contributed by atoms with Crippen molar-refractivity contribution >= 4 is 29.1 Å². The number of carbonyl (C=O) groups is 2. The molecule has 0 aliphatic carbocycles. The average Bonchev–Trinajstić information content (AvgIpc) is 2.72. The molecule has 1 unspecified atom stereocenters. The molecular formula is C23H27ClN2O4. The fourth-order valence-electron chi connectivity index (χ4n) is 3.34. The van der Waals surface area contributed by atoms with E-state index in [9.17, 15) is 9.59 Å². The maximum atomic E-state index is 12.9. The first-order valence-corrected chi connectivity index (χ1v) is 10.6. The normalized spacial score (nSPS) is 13.8. The molecule has 0 saturated carbocycles. The van der Waals surface area contributed by atoms with Gasteiger partial charge in [-0.15, -0.1) is 0 Å². The second-order valence-corrected chi connectivity index (χ2v) is 7.63. The van der Waals surface area contributed by atoms with E-state index in [4.69, 9.17) is 21.1 Å². The summed E-state index contributed by atoms with van der Waals surface area (Å²) < 4.78 is 11.3. The first-order valence-electron chi connectivity index (χ1n) is 10.3. The summed E-state index contributed by atoms with van der Waals surface area (Å²) in [5.74, 6) is 0.700. The fourth-order valence-corrected chi connectivity index (χ4v) is 3.61. The number of anilines is 1. The van der Waals surface area contributed by atoms with E-state index < -0.39 is 0 Å². The van der Waals surface area contributed by atoms with Gasteiger partial charge in [-0.05, 0) is 56.0 Å². The van der Waals surface area contributed by atoms with Crippen molar-refractivity contribution in [3.8, 4) is 11.5 Å². The highest BCUT2D eigenvalue weighted by molar-refractivity contribution is 6.32. The molecule has 0 bridgehead atoms. The summed E-state index contributed by atoms with van der Waals surface area (Å²) in [4.78, 5) is 24.4. The van der Waals surface area contributed by atoms with Gasteiger partial charge >= 0.3 is 0 Å². The number of benzene rings is 2. The standard InChI is InChI=1S/C23H27ClN2O4/c1-4-10-30-22-18(24)12-17(13-20(22)29-5-2)23(28)25-14(3)15-6-8-19-16(11-15)7-9-21(27)26-19/h6,8,11-14H,4-5,7,9-10H2,1-3H3,(H,25,28)(H,26,27). The van der Waals surface area contributed by atoms with Crippen LogP contribution < -0.4 is 20.1 Å². The summed E-state index contributed by atoms with van der Waals surface area (Å²) in [6.07, 6.45) is 2.01. The van der Waals surface area contributed by atoms with E-state index in [1.165, 1.54) is 0 Å². The van der Waals surface area contributed by atoms with Crippen molar-refractivity contribution in [1.29, 1.82) is 0 Å². The van der Waals surface area contributed by atoms with Crippen LogP contribution in [0.25, 0.3) is 0 Å². The minimum atomic E-state index is -0.251. The Morgan fingerprint density at radius 3 is 2.73 bits per heavy atom. The Bertz CT molecular complexity index is 945. The Morgan fingerprint density at radius 2 is 2.00 bits per heavy atom. The first kappa shape index (κ1) is 22.0. The van der Waals surface area contributed by atoms with Gasteiger partial charge in [-0.25, -0.2) is 0 Å². The van der Waals surface area contributed by atoms with E-state index in [1.54, 1.807) is 12.1 Å². The molecule has 2 N–H and O–H groups in total. The number of ether oxygens (including phenoxy) is 2. The largest absolute Gasteiger partial charge is 0.490 e. The lowest BCUT2D eigenvalue weighted by Crippen LogP contribution is -2.27. The molecule has 0 spiro atoms. The number of hydrogen-bond donors (Lipinski definition) is 2. The van der Waals surface area contributed by atoms with Gasteiger partial charge in [0.15, 0.2) is 11.5 Å². The summed E-state index contributed by atoms with van der Waals surface area (Å²) >= 11 is 6.38. The van der Waals surface area contributed by atoms with Gasteiger partial charge in [0.25, 0.3) is 5.91 Å². The minimum absolute atomic E-state index is 0.0324. The molecule has 1 atom stereocenters. The number of fused-ring (bicyclic) bond motifs is 1. The van der Waals surface area contributed by atoms with E-state index in [2.05, 4.69) is 10.6 Å². The van der Waals surface area contributed by atoms with Gasteiger partial charge in [0.05, 0.1) is 24.3 Å². The molecule has 1 aliphatic rings. The van der Waals surface area contributed by atoms with Crippen molar-refractivity contribution in [2.75, 3.05) is 18.5 Å². The molecule has 0 saturated heterocycles. The average molecular weight is 431 g/mol. The van der Waals surface area contributed by atoms with Crippen molar-refractivity contribution in [3.63, 3.8) is 0 Å². The zero-order chi connectivity index (χ0) is 21.7. The maximum absolute atomic E-state index is 12.9. The highest BCUT2D eigenvalue weighted by Crippen LogP contribution is 2.37. The molecule has 6 nitrogen and oxygen atoms in total. The van der Waals surface area contributed by atoms with E-state index in [0.717, 1.165) is 23.2 Å². The van der Waals surface area contributed by atoms with E-state index in [1.807, 2.05) is 39.0 Å². The third-order valence-electron chi connectivity index (χ3n) is 4.89. The number of nitrogens with one attached hydrogen (secondary N) is 2. The first-order chi connectivity index (χ1) is 14.4. The van der Waals surface area contributed by atoms with Crippen LogP contribution in [0.1, 0.15) is 61.1 Å². The second-order valence-electron chi connectivity index (χ2n) is 7.23. The van der Waals surface area contributed by atoms with Crippen LogP contribution in [0.4, 0.5) is 5.69 Å². The van der Waals surface area contributed by atoms with Crippen LogP contribution in [0.5, 0.6) is 11.5 Å². The van der Waals surface area contributed by atoms with Crippen LogP contribution in [0.3, 0.4) is 0 Å². The topological polar surface area (TPSA) is 76.7 Å². The summed E-state index contributed by atoms with van der Waals surface area (Å²) in [7, 11) is 0. The molecule has 0 radical (unpaired) electrons. The van der Waals surface area contributed by atoms with Crippen LogP contribution in [0.2, 0.25) is 5.02 Å². The molecule has 2 amide bonds. The van der Waals surface area contributed by atoms with Crippen LogP contribution >= 0.6 is 11.6 Å². The Morgan fingerprint density at radius 1 is 1.20 bits per heavy atom. The summed E-state index contributed by atoms with van der Waals surface area (Å²) in [6.45, 7) is 6.74. The smallest absolute Gasteiger partial charge is 0.251 e. The van der Waals surface area contributed by atoms with Gasteiger partial charge < -0.3 is 20.1 Å². The molecule has 0 aromatic heterocycles. The monoisotopic (exact) mass is 430 g/mol. The maximum Gasteiger partial charge on any atom is 0.251 e. The predicted molar refractivity (Wildman–Crippen MR) is 118 cm³/mol. The Labute approximate surface area is 181 Å². The second kappa shape index (κ2) is 9.85. The highest BCUT2D eigenvalue weighted by Gasteiger charge is 2.20. The summed E-state index contributed by atoms with van der Waals surface area (Å²) in [5, 5.41) is 6.22. The van der Waals surface area contributed by atoms with Gasteiger partial charge in [-0.2, -0.15) is 0 Å². The lowest BCUT2D eigenvalue weighted by atomic mass is 9.97. The van der Waals surface area contributed by atoms with Crippen molar-refractivity contribution in [1.82, 2.24) is 5.32 Å². The van der Waals surface area contributed by atoms with E-state index in [0.29, 0.717) is 48.1 Å². The van der Waals surface area contributed by atoms with Crippen LogP contribution in [-0.4, -0.2) is 25.0 Å². The molecule has 30 heavy (non-hydrogen) atoms. The number of halogens is 1. The number of rotatable bonds is 8. The predicted octanol–water partition coefficient (Wildman–Crippen LogP) is 4.90. The molecule has 3 rings (SSSR count). The zero-order valence-electron chi connectivity index (χ0n) is 17.5. The number of hydrogen-bond acceptors (Lipinski definition) is 4. The molecule has 2 aromatic rings. The van der Waals surface area contributed by atoms with E-state index in [-0.39, 0.29) is 17.9 Å². The Kier molecular flexibility index (Phi) is 7.21. The van der Waals surface area contributed by atoms with Gasteiger partial charge in [-0.3, -0.25) is 9.59 Å². The number of amides is 2. The van der Waals surface area contributed by atoms with Gasteiger partial charge in [-0.1, -0.05) is 30.7 Å². The molecule has 160 valence electrons. The van der Waals surface area contributed by atoms with Crippen LogP contribution in [0, 0.1) is 0 Å². The molecular weight excluding hydrogens is 404 g/mol. The molecule has 2 aromatic carbocycles.